The molecule has 2 rings (SSSR count). The molecule has 5 nitrogen and oxygen atoms in total. The lowest BCUT2D eigenvalue weighted by Crippen LogP contribution is -2.14. The minimum absolute atomic E-state index is 0.102. The second-order valence-electron chi connectivity index (χ2n) is 4.69. The average molecular weight is 305 g/mol. The molecule has 0 saturated carbocycles. The summed E-state index contributed by atoms with van der Waals surface area (Å²) in [5.74, 6) is -1.06. The number of benzene rings is 2. The van der Waals surface area contributed by atoms with E-state index in [1.165, 1.54) is 30.3 Å². The van der Waals surface area contributed by atoms with Crippen molar-refractivity contribution in [1.82, 2.24) is 0 Å². The lowest BCUT2D eigenvalue weighted by molar-refractivity contribution is 0.0697. The van der Waals surface area contributed by atoms with Gasteiger partial charge in [0.2, 0.25) is 0 Å². The topological polar surface area (TPSA) is 83.5 Å². The van der Waals surface area contributed by atoms with Crippen LogP contribution in [0.1, 0.15) is 21.5 Å². The summed E-state index contributed by atoms with van der Waals surface area (Å²) in [7, 11) is -3.70. The zero-order chi connectivity index (χ0) is 15.6. The van der Waals surface area contributed by atoms with Gasteiger partial charge >= 0.3 is 5.97 Å². The fourth-order valence-electron chi connectivity index (χ4n) is 1.91. The molecule has 2 N–H and O–H groups in total. The summed E-state index contributed by atoms with van der Waals surface area (Å²) in [5.41, 5.74) is 2.00. The molecule has 0 aliphatic heterocycles. The van der Waals surface area contributed by atoms with Crippen LogP contribution in [-0.2, 0) is 10.0 Å². The molecule has 0 spiro atoms. The Labute approximate surface area is 123 Å². The molecular formula is C15H15NO4S. The van der Waals surface area contributed by atoms with Crippen molar-refractivity contribution in [2.45, 2.75) is 18.7 Å². The Morgan fingerprint density at radius 1 is 1.05 bits per heavy atom. The lowest BCUT2D eigenvalue weighted by Gasteiger charge is -2.12. The summed E-state index contributed by atoms with van der Waals surface area (Å²) in [6.45, 7) is 3.59. The van der Waals surface area contributed by atoms with E-state index in [1.807, 2.05) is 13.0 Å². The number of carboxylic acid groups (broad SMARTS) is 1. The quantitative estimate of drug-likeness (QED) is 0.909. The van der Waals surface area contributed by atoms with Crippen LogP contribution in [0.25, 0.3) is 0 Å². The minimum atomic E-state index is -3.70. The number of aromatic carboxylic acids is 1. The Bertz CT molecular complexity index is 780. The largest absolute Gasteiger partial charge is 0.478 e. The van der Waals surface area contributed by atoms with Gasteiger partial charge in [0, 0.05) is 5.69 Å². The summed E-state index contributed by atoms with van der Waals surface area (Å²) < 4.78 is 27.2. The van der Waals surface area contributed by atoms with E-state index < -0.39 is 16.0 Å². The van der Waals surface area contributed by atoms with Crippen molar-refractivity contribution in [3.05, 3.63) is 59.2 Å². The number of anilines is 1. The third-order valence-corrected chi connectivity index (χ3v) is 4.75. The lowest BCUT2D eigenvalue weighted by atomic mass is 10.1. The monoisotopic (exact) mass is 305 g/mol. The number of hydrogen-bond acceptors (Lipinski definition) is 3. The average Bonchev–Trinajstić information content (AvgIpc) is 2.41. The highest BCUT2D eigenvalue weighted by Gasteiger charge is 2.17. The van der Waals surface area contributed by atoms with Gasteiger partial charge in [-0.1, -0.05) is 12.1 Å². The van der Waals surface area contributed by atoms with Gasteiger partial charge in [-0.05, 0) is 55.3 Å². The van der Waals surface area contributed by atoms with E-state index in [9.17, 15) is 13.2 Å². The van der Waals surface area contributed by atoms with Crippen LogP contribution < -0.4 is 4.72 Å². The van der Waals surface area contributed by atoms with Gasteiger partial charge in [-0.3, -0.25) is 4.72 Å². The molecule has 0 atom stereocenters. The van der Waals surface area contributed by atoms with Crippen molar-refractivity contribution in [3.8, 4) is 0 Å². The van der Waals surface area contributed by atoms with E-state index in [-0.39, 0.29) is 10.5 Å². The number of sulfonamides is 1. The number of carboxylic acids is 1. The first-order valence-electron chi connectivity index (χ1n) is 6.23. The number of carbonyl (C=O) groups is 1. The summed E-state index contributed by atoms with van der Waals surface area (Å²) in [5, 5.41) is 8.81. The standard InChI is InChI=1S/C15H15NO4S/c1-10-4-3-5-14(11(10)2)21(19,20)16-13-8-6-12(7-9-13)15(17)18/h3-9,16H,1-2H3,(H,17,18). The van der Waals surface area contributed by atoms with Crippen LogP contribution >= 0.6 is 0 Å². The van der Waals surface area contributed by atoms with Crippen LogP contribution in [0.15, 0.2) is 47.4 Å². The molecule has 0 aromatic heterocycles. The molecular weight excluding hydrogens is 290 g/mol. The van der Waals surface area contributed by atoms with Gasteiger partial charge in [-0.15, -0.1) is 0 Å². The molecule has 0 heterocycles. The summed E-state index contributed by atoms with van der Waals surface area (Å²) in [6, 6.07) is 10.6. The van der Waals surface area contributed by atoms with Crippen molar-refractivity contribution in [1.29, 1.82) is 0 Å². The van der Waals surface area contributed by atoms with Gasteiger partial charge in [0.15, 0.2) is 0 Å². The SMILES string of the molecule is Cc1cccc(S(=O)(=O)Nc2ccc(C(=O)O)cc2)c1C. The van der Waals surface area contributed by atoms with Crippen molar-refractivity contribution in [3.63, 3.8) is 0 Å². The van der Waals surface area contributed by atoms with Crippen LogP contribution in [0.4, 0.5) is 5.69 Å². The van der Waals surface area contributed by atoms with Gasteiger partial charge in [-0.25, -0.2) is 13.2 Å². The third-order valence-electron chi connectivity index (χ3n) is 3.23. The van der Waals surface area contributed by atoms with Crippen molar-refractivity contribution >= 4 is 21.7 Å². The molecule has 0 unspecified atom stereocenters. The smallest absolute Gasteiger partial charge is 0.335 e. The maximum atomic E-state index is 12.4. The Balaban J connectivity index is 2.33. The van der Waals surface area contributed by atoms with Crippen molar-refractivity contribution in [2.24, 2.45) is 0 Å². The molecule has 0 bridgehead atoms. The molecule has 0 fully saturated rings. The van der Waals surface area contributed by atoms with Crippen LogP contribution in [-0.4, -0.2) is 19.5 Å². The van der Waals surface area contributed by atoms with E-state index in [0.717, 1.165) is 5.56 Å². The van der Waals surface area contributed by atoms with Crippen LogP contribution in [0.2, 0.25) is 0 Å². The summed E-state index contributed by atoms with van der Waals surface area (Å²) >= 11 is 0. The zero-order valence-electron chi connectivity index (χ0n) is 11.6. The number of aryl methyl sites for hydroxylation is 1. The number of hydrogen-bond donors (Lipinski definition) is 2. The fourth-order valence-corrected chi connectivity index (χ4v) is 3.28. The van der Waals surface area contributed by atoms with E-state index in [4.69, 9.17) is 5.11 Å². The van der Waals surface area contributed by atoms with Gasteiger partial charge in [-0.2, -0.15) is 0 Å². The van der Waals surface area contributed by atoms with Crippen molar-refractivity contribution < 1.29 is 18.3 Å². The molecule has 2 aromatic rings. The molecule has 0 radical (unpaired) electrons. The Morgan fingerprint density at radius 2 is 1.67 bits per heavy atom. The van der Waals surface area contributed by atoms with Gasteiger partial charge < -0.3 is 5.11 Å². The first-order valence-corrected chi connectivity index (χ1v) is 7.72. The van der Waals surface area contributed by atoms with Crippen LogP contribution in [0, 0.1) is 13.8 Å². The van der Waals surface area contributed by atoms with Gasteiger partial charge in [0.25, 0.3) is 10.0 Å². The highest BCUT2D eigenvalue weighted by molar-refractivity contribution is 7.92. The Hall–Kier alpha value is -2.34. The first kappa shape index (κ1) is 15.1. The molecule has 0 saturated heterocycles. The predicted molar refractivity (Wildman–Crippen MR) is 80.1 cm³/mol. The van der Waals surface area contributed by atoms with Crippen LogP contribution in [0.3, 0.4) is 0 Å². The molecule has 6 heteroatoms. The van der Waals surface area contributed by atoms with Crippen molar-refractivity contribution in [2.75, 3.05) is 4.72 Å². The van der Waals surface area contributed by atoms with Gasteiger partial charge in [0.1, 0.15) is 0 Å². The number of rotatable bonds is 4. The highest BCUT2D eigenvalue weighted by atomic mass is 32.2. The summed E-state index contributed by atoms with van der Waals surface area (Å²) in [6.07, 6.45) is 0. The molecule has 21 heavy (non-hydrogen) atoms. The number of nitrogens with one attached hydrogen (secondary N) is 1. The Morgan fingerprint density at radius 3 is 2.24 bits per heavy atom. The third kappa shape index (κ3) is 3.22. The summed E-state index contributed by atoms with van der Waals surface area (Å²) in [4.78, 5) is 11.0. The highest BCUT2D eigenvalue weighted by Crippen LogP contribution is 2.21. The van der Waals surface area contributed by atoms with E-state index >= 15 is 0 Å². The second-order valence-corrected chi connectivity index (χ2v) is 6.34. The maximum Gasteiger partial charge on any atom is 0.335 e. The first-order chi connectivity index (χ1) is 9.81. The molecule has 0 aliphatic carbocycles. The molecule has 2 aromatic carbocycles. The van der Waals surface area contributed by atoms with E-state index in [0.29, 0.717) is 11.3 Å². The van der Waals surface area contributed by atoms with Gasteiger partial charge in [0.05, 0.1) is 10.5 Å². The molecule has 110 valence electrons. The molecule has 0 amide bonds. The fraction of sp³-hybridized carbons (Fsp3) is 0.133. The zero-order valence-corrected chi connectivity index (χ0v) is 12.4. The normalized spacial score (nSPS) is 11.1. The predicted octanol–water partition coefficient (Wildman–Crippen LogP) is 2.80. The minimum Gasteiger partial charge on any atom is -0.478 e. The maximum absolute atomic E-state index is 12.4. The Kier molecular flexibility index (Phi) is 3.99. The molecule has 0 aliphatic rings. The van der Waals surface area contributed by atoms with E-state index in [1.54, 1.807) is 13.0 Å². The second kappa shape index (κ2) is 5.57. The van der Waals surface area contributed by atoms with Crippen LogP contribution in [0.5, 0.6) is 0 Å². The van der Waals surface area contributed by atoms with E-state index in [2.05, 4.69) is 4.72 Å².